The highest BCUT2D eigenvalue weighted by Gasteiger charge is 2.38. The fraction of sp³-hybridized carbons (Fsp3) is 0.800. The van der Waals surface area contributed by atoms with Crippen LogP contribution in [0.25, 0.3) is 0 Å². The molecule has 1 fully saturated rings. The van der Waals surface area contributed by atoms with Crippen molar-refractivity contribution >= 4 is 17.7 Å². The van der Waals surface area contributed by atoms with E-state index in [2.05, 4.69) is 20.4 Å². The summed E-state index contributed by atoms with van der Waals surface area (Å²) >= 11 is 5.88. The van der Waals surface area contributed by atoms with Crippen molar-refractivity contribution in [2.24, 2.45) is 5.41 Å². The van der Waals surface area contributed by atoms with Gasteiger partial charge in [0.15, 0.2) is 0 Å². The Morgan fingerprint density at radius 3 is 2.53 bits per heavy atom. The van der Waals surface area contributed by atoms with Gasteiger partial charge in [-0.3, -0.25) is 0 Å². The molecule has 0 aromatic heterocycles. The number of ether oxygens (including phenoxy) is 1. The smallest absolute Gasteiger partial charge is 0.410 e. The minimum absolute atomic E-state index is 0.000347. The average Bonchev–Trinajstić information content (AvgIpc) is 2.24. The molecular formula is C15H26ClNO2. The third kappa shape index (κ3) is 4.72. The maximum atomic E-state index is 12.4. The van der Waals surface area contributed by atoms with Gasteiger partial charge in [-0.2, -0.15) is 0 Å². The molecule has 0 radical (unpaired) electrons. The summed E-state index contributed by atoms with van der Waals surface area (Å²) in [6.45, 7) is 14.7. The molecule has 0 aromatic carbocycles. The molecule has 110 valence electrons. The van der Waals surface area contributed by atoms with Gasteiger partial charge in [0.05, 0.1) is 6.04 Å². The summed E-state index contributed by atoms with van der Waals surface area (Å²) in [6, 6.07) is 0.000347. The first-order chi connectivity index (χ1) is 8.56. The Bertz CT molecular complexity index is 358. The van der Waals surface area contributed by atoms with Crippen LogP contribution in [0.4, 0.5) is 4.79 Å². The normalized spacial score (nSPS) is 23.1. The maximum absolute atomic E-state index is 12.4. The molecule has 0 saturated carbocycles. The summed E-state index contributed by atoms with van der Waals surface area (Å²) in [4.78, 5) is 14.1. The number of amides is 1. The molecule has 1 atom stereocenters. The Kier molecular flexibility index (Phi) is 4.94. The van der Waals surface area contributed by atoms with Gasteiger partial charge in [-0.05, 0) is 44.6 Å². The number of nitrogens with zero attached hydrogens (tertiary/aromatic N) is 1. The van der Waals surface area contributed by atoms with E-state index in [-0.39, 0.29) is 17.6 Å². The van der Waals surface area contributed by atoms with Crippen molar-refractivity contribution in [2.75, 3.05) is 12.4 Å². The van der Waals surface area contributed by atoms with Gasteiger partial charge in [0, 0.05) is 12.4 Å². The second kappa shape index (κ2) is 5.74. The van der Waals surface area contributed by atoms with Crippen molar-refractivity contribution in [1.29, 1.82) is 0 Å². The molecule has 1 rings (SSSR count). The lowest BCUT2D eigenvalue weighted by atomic mass is 9.80. The predicted molar refractivity (Wildman–Crippen MR) is 79.6 cm³/mol. The van der Waals surface area contributed by atoms with E-state index in [1.807, 2.05) is 20.8 Å². The Morgan fingerprint density at radius 2 is 2.05 bits per heavy atom. The molecule has 0 spiro atoms. The summed E-state index contributed by atoms with van der Waals surface area (Å²) < 4.78 is 5.50. The molecule has 19 heavy (non-hydrogen) atoms. The van der Waals surface area contributed by atoms with Crippen molar-refractivity contribution < 1.29 is 9.53 Å². The molecule has 3 nitrogen and oxygen atoms in total. The molecular weight excluding hydrogens is 262 g/mol. The zero-order chi connectivity index (χ0) is 14.8. The van der Waals surface area contributed by atoms with E-state index in [9.17, 15) is 4.79 Å². The van der Waals surface area contributed by atoms with Crippen molar-refractivity contribution in [3.63, 3.8) is 0 Å². The van der Waals surface area contributed by atoms with Crippen molar-refractivity contribution in [1.82, 2.24) is 4.90 Å². The van der Waals surface area contributed by atoms with Crippen molar-refractivity contribution in [2.45, 2.75) is 59.1 Å². The Hall–Kier alpha value is -0.700. The molecule has 4 heteroatoms. The predicted octanol–water partition coefficient (Wildman–Crippen LogP) is 4.21. The van der Waals surface area contributed by atoms with Gasteiger partial charge >= 0.3 is 6.09 Å². The molecule has 0 aromatic rings. The number of alkyl halides is 1. The fourth-order valence-corrected chi connectivity index (χ4v) is 2.54. The lowest BCUT2D eigenvalue weighted by Crippen LogP contribution is -2.52. The summed E-state index contributed by atoms with van der Waals surface area (Å²) in [5.41, 5.74) is 0.522. The van der Waals surface area contributed by atoms with Crippen LogP contribution >= 0.6 is 11.6 Å². The van der Waals surface area contributed by atoms with Crippen LogP contribution in [0.1, 0.15) is 47.5 Å². The molecule has 1 heterocycles. The van der Waals surface area contributed by atoms with Crippen molar-refractivity contribution in [3.8, 4) is 0 Å². The standard InChI is InChI=1S/C15H26ClNO2/c1-11(9-16)12-7-8-15(5,6)10-17(12)13(18)19-14(2,3)4/h12H,1,7-10H2,2-6H3. The summed E-state index contributed by atoms with van der Waals surface area (Å²) in [7, 11) is 0. The van der Waals surface area contributed by atoms with Gasteiger partial charge in [-0.25, -0.2) is 4.79 Å². The van der Waals surface area contributed by atoms with Crippen LogP contribution in [0.3, 0.4) is 0 Å². The topological polar surface area (TPSA) is 29.5 Å². The first-order valence-corrected chi connectivity index (χ1v) is 7.32. The number of hydrogen-bond donors (Lipinski definition) is 0. The highest BCUT2D eigenvalue weighted by atomic mass is 35.5. The molecule has 0 aliphatic carbocycles. The first kappa shape index (κ1) is 16.4. The fourth-order valence-electron chi connectivity index (χ4n) is 2.36. The van der Waals surface area contributed by atoms with E-state index in [4.69, 9.17) is 16.3 Å². The number of carbonyl (C=O) groups excluding carboxylic acids is 1. The monoisotopic (exact) mass is 287 g/mol. The third-order valence-corrected chi connectivity index (χ3v) is 3.68. The first-order valence-electron chi connectivity index (χ1n) is 6.79. The van der Waals surface area contributed by atoms with Gasteiger partial charge in [-0.1, -0.05) is 20.4 Å². The van der Waals surface area contributed by atoms with Crippen LogP contribution in [-0.2, 0) is 4.74 Å². The van der Waals surface area contributed by atoms with Gasteiger partial charge in [0.2, 0.25) is 0 Å². The van der Waals surface area contributed by atoms with Crippen LogP contribution in [0.2, 0.25) is 0 Å². The number of halogens is 1. The van der Waals surface area contributed by atoms with Crippen LogP contribution in [0, 0.1) is 5.41 Å². The molecule has 1 amide bonds. The second-order valence-electron chi connectivity index (χ2n) is 7.12. The Balaban J connectivity index is 2.88. The number of likely N-dealkylation sites (tertiary alicyclic amines) is 1. The number of rotatable bonds is 2. The highest BCUT2D eigenvalue weighted by molar-refractivity contribution is 6.19. The van der Waals surface area contributed by atoms with E-state index >= 15 is 0 Å². The van der Waals surface area contributed by atoms with Crippen LogP contribution < -0.4 is 0 Å². The number of piperidine rings is 1. The lowest BCUT2D eigenvalue weighted by Gasteiger charge is -2.44. The zero-order valence-electron chi connectivity index (χ0n) is 12.8. The third-order valence-electron chi connectivity index (χ3n) is 3.34. The van der Waals surface area contributed by atoms with Crippen LogP contribution in [-0.4, -0.2) is 35.1 Å². The van der Waals surface area contributed by atoms with Gasteiger partial charge in [0.1, 0.15) is 5.60 Å². The Morgan fingerprint density at radius 1 is 1.47 bits per heavy atom. The summed E-state index contributed by atoms with van der Waals surface area (Å²) in [5.74, 6) is 0.379. The highest BCUT2D eigenvalue weighted by Crippen LogP contribution is 2.35. The minimum atomic E-state index is -0.481. The van der Waals surface area contributed by atoms with E-state index in [0.29, 0.717) is 12.4 Å². The van der Waals surface area contributed by atoms with Crippen LogP contribution in [0.5, 0.6) is 0 Å². The quantitative estimate of drug-likeness (QED) is 0.562. The molecule has 1 saturated heterocycles. The maximum Gasteiger partial charge on any atom is 0.410 e. The molecule has 1 unspecified atom stereocenters. The summed E-state index contributed by atoms with van der Waals surface area (Å²) in [5, 5.41) is 0. The lowest BCUT2D eigenvalue weighted by molar-refractivity contribution is -0.00183. The minimum Gasteiger partial charge on any atom is -0.444 e. The largest absolute Gasteiger partial charge is 0.444 e. The number of carbonyl (C=O) groups is 1. The van der Waals surface area contributed by atoms with Crippen molar-refractivity contribution in [3.05, 3.63) is 12.2 Å². The molecule has 1 aliphatic rings. The van der Waals surface area contributed by atoms with Gasteiger partial charge in [-0.15, -0.1) is 11.6 Å². The summed E-state index contributed by atoms with van der Waals surface area (Å²) in [6.07, 6.45) is 1.70. The van der Waals surface area contributed by atoms with Gasteiger partial charge in [0.25, 0.3) is 0 Å². The second-order valence-corrected chi connectivity index (χ2v) is 7.39. The molecule has 0 bridgehead atoms. The van der Waals surface area contributed by atoms with Gasteiger partial charge < -0.3 is 9.64 Å². The average molecular weight is 288 g/mol. The number of hydrogen-bond acceptors (Lipinski definition) is 2. The Labute approximate surface area is 121 Å². The molecule has 1 aliphatic heterocycles. The van der Waals surface area contributed by atoms with E-state index in [1.165, 1.54) is 0 Å². The van der Waals surface area contributed by atoms with Crippen LogP contribution in [0.15, 0.2) is 12.2 Å². The van der Waals surface area contributed by atoms with E-state index < -0.39 is 5.60 Å². The van der Waals surface area contributed by atoms with E-state index in [1.54, 1.807) is 4.90 Å². The SMILES string of the molecule is C=C(CCl)C1CCC(C)(C)CN1C(=O)OC(C)(C)C. The molecule has 0 N–H and O–H groups in total. The zero-order valence-corrected chi connectivity index (χ0v) is 13.5. The van der Waals surface area contributed by atoms with E-state index in [0.717, 1.165) is 18.4 Å².